The molecule has 33 nitrogen and oxygen atoms in total. The summed E-state index contributed by atoms with van der Waals surface area (Å²) in [5.74, 6) is -13.8. The van der Waals surface area contributed by atoms with E-state index in [9.17, 15) is 93.3 Å². The van der Waals surface area contributed by atoms with Gasteiger partial charge in [-0.15, -0.1) is 0 Å². The van der Waals surface area contributed by atoms with Gasteiger partial charge in [0.05, 0.1) is 32.9 Å². The molecule has 0 aromatic rings. The first-order valence-electron chi connectivity index (χ1n) is 22.9. The SMILES string of the molecule is CC(=O)N(O)CCCC(NC(=O)CNC(=O)[C@@H](CO)NC(=O)C(CCCN(O)C(C)=O)NC(=O)[C@H](CO)NC(=O)[C@H](NC(=O)CNC(=O)C(CCCN(O)C(C)=O)NC(=O)[C@@H](N)CO)C(C)C)C(=O)NCC(=O)O. The number of nitrogens with zero attached hydrogens (tertiary/aromatic N) is 3. The number of aliphatic hydroxyl groups is 3. The van der Waals surface area contributed by atoms with E-state index in [-0.39, 0.29) is 56.8 Å². The smallest absolute Gasteiger partial charge is 0.322 e. The third-order valence-corrected chi connectivity index (χ3v) is 10.3. The number of carboxylic acid groups (broad SMARTS) is 1. The van der Waals surface area contributed by atoms with Crippen LogP contribution in [0.5, 0.6) is 0 Å². The highest BCUT2D eigenvalue weighted by atomic mass is 16.5. The highest BCUT2D eigenvalue weighted by molar-refractivity contribution is 5.97. The second-order valence-corrected chi connectivity index (χ2v) is 16.7. The number of aliphatic hydroxyl groups excluding tert-OH is 3. The highest BCUT2D eigenvalue weighted by Crippen LogP contribution is 2.07. The Morgan fingerprint density at radius 2 is 0.757 bits per heavy atom. The number of carbonyl (C=O) groups excluding carboxylic acids is 12. The summed E-state index contributed by atoms with van der Waals surface area (Å²) in [6, 6.07) is -11.0. The summed E-state index contributed by atoms with van der Waals surface area (Å²) >= 11 is 0. The Balaban J connectivity index is 6.03. The van der Waals surface area contributed by atoms with Crippen LogP contribution in [0.4, 0.5) is 0 Å². The zero-order chi connectivity index (χ0) is 56.8. The van der Waals surface area contributed by atoms with Crippen LogP contribution in [-0.2, 0) is 62.3 Å². The standard InChI is InChI=1S/C41H71N13O20/c1-21(2)34(51-32(62)16-43-37(67)27(47-35(65)25(42)18-55)10-7-13-53(73)23(4)59)41(71)50-30(20-57)40(70)48-28(11-8-14-54(74)24(5)60)39(69)49-29(19-56)38(68)44-15-31(61)46-26(36(66)45-17-33(63)64)9-6-12-52(72)22(3)58/h21,25-30,34,55-57,72-74H,6-20,42H2,1-5H3,(H,43,67)(H,44,68)(H,45,66)(H,46,61)(H,47,65)(H,48,70)(H,49,69)(H,50,71)(H,51,62)(H,63,64)/t25-,26?,27?,28?,29+,30-,34+/m0/s1. The van der Waals surface area contributed by atoms with Crippen molar-refractivity contribution < 1.29 is 98.4 Å². The van der Waals surface area contributed by atoms with Crippen molar-refractivity contribution in [3.63, 3.8) is 0 Å². The van der Waals surface area contributed by atoms with Crippen molar-refractivity contribution in [2.45, 2.75) is 115 Å². The Kier molecular flexibility index (Phi) is 31.7. The third kappa shape index (κ3) is 26.5. The average molecular weight is 1070 g/mol. The van der Waals surface area contributed by atoms with Crippen molar-refractivity contribution in [2.24, 2.45) is 11.7 Å². The molecule has 0 radical (unpaired) electrons. The van der Waals surface area contributed by atoms with Crippen LogP contribution < -0.4 is 53.6 Å². The Morgan fingerprint density at radius 1 is 0.432 bits per heavy atom. The monoisotopic (exact) mass is 1070 g/mol. The molecule has 74 heavy (non-hydrogen) atoms. The van der Waals surface area contributed by atoms with Gasteiger partial charge in [-0.1, -0.05) is 13.8 Å². The van der Waals surface area contributed by atoms with Crippen molar-refractivity contribution in [3.05, 3.63) is 0 Å². The van der Waals surface area contributed by atoms with Gasteiger partial charge in [0.15, 0.2) is 0 Å². The van der Waals surface area contributed by atoms with E-state index in [1.54, 1.807) is 0 Å². The van der Waals surface area contributed by atoms with Crippen LogP contribution >= 0.6 is 0 Å². The van der Waals surface area contributed by atoms with Gasteiger partial charge in [-0.05, 0) is 44.4 Å². The second-order valence-electron chi connectivity index (χ2n) is 16.7. The molecule has 12 amide bonds. The number of carboxylic acids is 1. The molecule has 0 saturated carbocycles. The third-order valence-electron chi connectivity index (χ3n) is 10.3. The molecule has 0 spiro atoms. The number of carbonyl (C=O) groups is 13. The lowest BCUT2D eigenvalue weighted by atomic mass is 10.0. The van der Waals surface area contributed by atoms with Crippen LogP contribution in [0.25, 0.3) is 0 Å². The minimum absolute atomic E-state index is 0.0223. The van der Waals surface area contributed by atoms with Crippen LogP contribution in [0.2, 0.25) is 0 Å². The molecule has 0 heterocycles. The van der Waals surface area contributed by atoms with Crippen LogP contribution in [0.15, 0.2) is 0 Å². The van der Waals surface area contributed by atoms with Gasteiger partial charge in [-0.2, -0.15) is 0 Å². The summed E-state index contributed by atoms with van der Waals surface area (Å²) in [5.41, 5.74) is 5.52. The largest absolute Gasteiger partial charge is 0.480 e. The molecule has 0 rings (SSSR count). The maximum Gasteiger partial charge on any atom is 0.322 e. The van der Waals surface area contributed by atoms with Gasteiger partial charge in [0.1, 0.15) is 48.8 Å². The Bertz CT molecular complexity index is 1960. The molecular formula is C41H71N13O20. The summed E-state index contributed by atoms with van der Waals surface area (Å²) in [4.78, 5) is 163. The van der Waals surface area contributed by atoms with Gasteiger partial charge in [0, 0.05) is 40.4 Å². The van der Waals surface area contributed by atoms with Crippen molar-refractivity contribution in [1.82, 2.24) is 63.0 Å². The van der Waals surface area contributed by atoms with Gasteiger partial charge >= 0.3 is 5.97 Å². The number of nitrogens with two attached hydrogens (primary N) is 1. The first-order valence-corrected chi connectivity index (χ1v) is 22.9. The van der Waals surface area contributed by atoms with Gasteiger partial charge in [-0.25, -0.2) is 15.2 Å². The fourth-order valence-corrected chi connectivity index (χ4v) is 6.04. The van der Waals surface area contributed by atoms with Crippen molar-refractivity contribution in [1.29, 1.82) is 0 Å². The lowest BCUT2D eigenvalue weighted by molar-refractivity contribution is -0.163. The van der Waals surface area contributed by atoms with Gasteiger partial charge < -0.3 is 74.0 Å². The van der Waals surface area contributed by atoms with Crippen molar-refractivity contribution >= 4 is 76.9 Å². The number of hydrogen-bond acceptors (Lipinski definition) is 20. The van der Waals surface area contributed by atoms with Crippen LogP contribution in [0.1, 0.15) is 73.1 Å². The maximum atomic E-state index is 13.6. The molecule has 0 aliphatic rings. The summed E-state index contributed by atoms with van der Waals surface area (Å²) in [6.45, 7) is -0.248. The van der Waals surface area contributed by atoms with Crippen molar-refractivity contribution in [2.75, 3.05) is 59.1 Å². The maximum absolute atomic E-state index is 13.6. The van der Waals surface area contributed by atoms with E-state index < -0.39 is 171 Å². The molecule has 0 bridgehead atoms. The lowest BCUT2D eigenvalue weighted by Crippen LogP contribution is -2.60. The first kappa shape index (κ1) is 66.8. The number of amides is 12. The minimum atomic E-state index is -1.84. The van der Waals surface area contributed by atoms with E-state index in [0.717, 1.165) is 20.8 Å². The summed E-state index contributed by atoms with van der Waals surface area (Å²) in [7, 11) is 0. The van der Waals surface area contributed by atoms with E-state index in [4.69, 9.17) is 10.8 Å². The molecule has 0 aromatic heterocycles. The summed E-state index contributed by atoms with van der Waals surface area (Å²) in [6.07, 6.45) is -1.07. The molecular weight excluding hydrogens is 995 g/mol. The molecule has 18 N–H and O–H groups in total. The summed E-state index contributed by atoms with van der Waals surface area (Å²) in [5, 5.41) is 88.4. The topological polar surface area (TPSA) is 508 Å². The van der Waals surface area contributed by atoms with Gasteiger partial charge in [0.25, 0.3) is 0 Å². The zero-order valence-electron chi connectivity index (χ0n) is 41.6. The minimum Gasteiger partial charge on any atom is -0.480 e. The van der Waals surface area contributed by atoms with Crippen molar-refractivity contribution in [3.8, 4) is 0 Å². The van der Waals surface area contributed by atoms with E-state index in [1.165, 1.54) is 13.8 Å². The first-order chi connectivity index (χ1) is 34.6. The van der Waals surface area contributed by atoms with Gasteiger partial charge in [-0.3, -0.25) is 78.0 Å². The van der Waals surface area contributed by atoms with E-state index in [2.05, 4.69) is 47.9 Å². The van der Waals surface area contributed by atoms with Crippen LogP contribution in [-0.4, -0.2) is 229 Å². The molecule has 0 aliphatic carbocycles. The van der Waals surface area contributed by atoms with Crippen LogP contribution in [0, 0.1) is 5.92 Å². The predicted molar refractivity (Wildman–Crippen MR) is 248 cm³/mol. The molecule has 7 atom stereocenters. The molecule has 420 valence electrons. The van der Waals surface area contributed by atoms with Crippen LogP contribution in [0.3, 0.4) is 0 Å². The molecule has 3 unspecified atom stereocenters. The number of aliphatic carboxylic acids is 1. The Morgan fingerprint density at radius 3 is 1.15 bits per heavy atom. The number of hydrogen-bond donors (Lipinski definition) is 17. The second kappa shape index (κ2) is 35.1. The Hall–Kier alpha value is -7.17. The molecule has 0 aliphatic heterocycles. The quantitative estimate of drug-likeness (QED) is 0.0207. The zero-order valence-corrected chi connectivity index (χ0v) is 41.6. The van der Waals surface area contributed by atoms with E-state index in [1.807, 2.05) is 0 Å². The fraction of sp³-hybridized carbons (Fsp3) is 0.683. The number of hydroxylamine groups is 6. The normalized spacial score (nSPS) is 13.6. The lowest BCUT2D eigenvalue weighted by Gasteiger charge is -2.27. The molecule has 33 heteroatoms. The number of rotatable bonds is 35. The molecule has 0 saturated heterocycles. The van der Waals surface area contributed by atoms with E-state index in [0.29, 0.717) is 10.1 Å². The van der Waals surface area contributed by atoms with E-state index >= 15 is 0 Å². The van der Waals surface area contributed by atoms with Gasteiger partial charge in [0.2, 0.25) is 70.9 Å². The molecule has 0 aromatic carbocycles. The predicted octanol–water partition coefficient (Wildman–Crippen LogP) is -8.66. The molecule has 0 fully saturated rings. The number of nitrogens with one attached hydrogen (secondary N) is 9. The fourth-order valence-electron chi connectivity index (χ4n) is 6.04. The average Bonchev–Trinajstić information content (AvgIpc) is 3.34. The highest BCUT2D eigenvalue weighted by Gasteiger charge is 2.33. The Labute approximate surface area is 423 Å². The summed E-state index contributed by atoms with van der Waals surface area (Å²) < 4.78 is 0.